The fourth-order valence-corrected chi connectivity index (χ4v) is 3.34. The molecule has 2 aromatic carbocycles. The molecule has 0 saturated carbocycles. The third-order valence-electron chi connectivity index (χ3n) is 4.80. The second-order valence-corrected chi connectivity index (χ2v) is 6.90. The molecular weight excluding hydrogens is 364 g/mol. The van der Waals surface area contributed by atoms with Crippen molar-refractivity contribution < 1.29 is 9.53 Å². The number of nitrogens with zero attached hydrogens (tertiary/aromatic N) is 2. The monoisotopic (exact) mass is 394 g/mol. The van der Waals surface area contributed by atoms with E-state index in [9.17, 15) is 4.79 Å². The van der Waals surface area contributed by atoms with Gasteiger partial charge < -0.3 is 20.3 Å². The first-order valence-corrected chi connectivity index (χ1v) is 10.3. The Morgan fingerprint density at radius 2 is 1.90 bits per heavy atom. The Labute approximate surface area is 173 Å². The summed E-state index contributed by atoms with van der Waals surface area (Å²) in [6.07, 6.45) is 1.59. The van der Waals surface area contributed by atoms with Gasteiger partial charge in [-0.05, 0) is 44.0 Å². The van der Waals surface area contributed by atoms with E-state index in [0.717, 1.165) is 48.0 Å². The molecule has 1 aliphatic rings. The van der Waals surface area contributed by atoms with Gasteiger partial charge in [-0.1, -0.05) is 30.3 Å². The van der Waals surface area contributed by atoms with Crippen LogP contribution in [0.4, 0.5) is 5.69 Å². The van der Waals surface area contributed by atoms with Crippen LogP contribution in [0.3, 0.4) is 0 Å². The van der Waals surface area contributed by atoms with Crippen molar-refractivity contribution in [1.29, 1.82) is 0 Å². The van der Waals surface area contributed by atoms with Crippen molar-refractivity contribution >= 4 is 17.6 Å². The largest absolute Gasteiger partial charge is 0.494 e. The predicted octanol–water partition coefficient (Wildman–Crippen LogP) is 3.47. The molecule has 0 aliphatic carbocycles. The summed E-state index contributed by atoms with van der Waals surface area (Å²) in [5.74, 6) is 1.87. The highest BCUT2D eigenvalue weighted by atomic mass is 16.5. The summed E-state index contributed by atoms with van der Waals surface area (Å²) in [5, 5.41) is 6.66. The van der Waals surface area contributed by atoms with Crippen LogP contribution in [0.1, 0.15) is 37.8 Å². The molecule has 1 fully saturated rings. The quantitative estimate of drug-likeness (QED) is 0.532. The van der Waals surface area contributed by atoms with Crippen LogP contribution in [0, 0.1) is 0 Å². The highest BCUT2D eigenvalue weighted by molar-refractivity contribution is 5.95. The lowest BCUT2D eigenvalue weighted by molar-refractivity contribution is -0.117. The van der Waals surface area contributed by atoms with Gasteiger partial charge in [0.1, 0.15) is 5.75 Å². The number of benzene rings is 2. The summed E-state index contributed by atoms with van der Waals surface area (Å²) in [4.78, 5) is 18.4. The third-order valence-corrected chi connectivity index (χ3v) is 4.80. The van der Waals surface area contributed by atoms with Gasteiger partial charge in [0.2, 0.25) is 5.91 Å². The van der Waals surface area contributed by atoms with E-state index in [0.29, 0.717) is 26.1 Å². The van der Waals surface area contributed by atoms with Crippen LogP contribution >= 0.6 is 0 Å². The molecule has 1 saturated heterocycles. The summed E-state index contributed by atoms with van der Waals surface area (Å²) < 4.78 is 5.69. The fraction of sp³-hybridized carbons (Fsp3) is 0.391. The van der Waals surface area contributed by atoms with Crippen molar-refractivity contribution in [3.63, 3.8) is 0 Å². The second-order valence-electron chi connectivity index (χ2n) is 6.90. The number of guanidine groups is 1. The molecule has 6 nitrogen and oxygen atoms in total. The summed E-state index contributed by atoms with van der Waals surface area (Å²) in [5.41, 5.74) is 3.17. The topological polar surface area (TPSA) is 66.0 Å². The second kappa shape index (κ2) is 10.5. The molecule has 0 bridgehead atoms. The van der Waals surface area contributed by atoms with E-state index < -0.39 is 0 Å². The van der Waals surface area contributed by atoms with Gasteiger partial charge in [-0.25, -0.2) is 4.99 Å². The van der Waals surface area contributed by atoms with Crippen molar-refractivity contribution in [3.05, 3.63) is 59.7 Å². The van der Waals surface area contributed by atoms with E-state index in [4.69, 9.17) is 4.74 Å². The Kier molecular flexibility index (Phi) is 7.50. The summed E-state index contributed by atoms with van der Waals surface area (Å²) in [6.45, 7) is 7.48. The maximum atomic E-state index is 11.9. The number of hydrogen-bond acceptors (Lipinski definition) is 3. The highest BCUT2D eigenvalue weighted by Gasteiger charge is 2.21. The minimum atomic E-state index is 0.210. The van der Waals surface area contributed by atoms with Crippen molar-refractivity contribution in [2.45, 2.75) is 39.8 Å². The Hall–Kier alpha value is -3.02. The lowest BCUT2D eigenvalue weighted by atomic mass is 10.2. The lowest BCUT2D eigenvalue weighted by Gasteiger charge is -2.16. The van der Waals surface area contributed by atoms with Crippen LogP contribution in [-0.2, 0) is 17.9 Å². The number of ether oxygens (including phenoxy) is 1. The Morgan fingerprint density at radius 1 is 1.10 bits per heavy atom. The molecule has 1 aliphatic heterocycles. The van der Waals surface area contributed by atoms with Crippen molar-refractivity contribution in [3.8, 4) is 5.75 Å². The third kappa shape index (κ3) is 5.73. The van der Waals surface area contributed by atoms with Crippen molar-refractivity contribution in [2.75, 3.05) is 24.6 Å². The zero-order chi connectivity index (χ0) is 20.5. The van der Waals surface area contributed by atoms with Gasteiger partial charge >= 0.3 is 0 Å². The molecule has 0 unspecified atom stereocenters. The zero-order valence-corrected chi connectivity index (χ0v) is 17.3. The van der Waals surface area contributed by atoms with Crippen LogP contribution in [-0.4, -0.2) is 31.6 Å². The first kappa shape index (κ1) is 20.7. The molecule has 3 rings (SSSR count). The minimum Gasteiger partial charge on any atom is -0.494 e. The zero-order valence-electron chi connectivity index (χ0n) is 17.3. The molecule has 29 heavy (non-hydrogen) atoms. The molecule has 2 N–H and O–H groups in total. The number of aliphatic imine (C=N–C) groups is 1. The first-order valence-electron chi connectivity index (χ1n) is 10.3. The average Bonchev–Trinajstić information content (AvgIpc) is 3.17. The smallest absolute Gasteiger partial charge is 0.227 e. The molecule has 0 atom stereocenters. The van der Waals surface area contributed by atoms with Crippen LogP contribution < -0.4 is 20.3 Å². The molecule has 6 heteroatoms. The number of hydrogen-bond donors (Lipinski definition) is 2. The molecule has 154 valence electrons. The Morgan fingerprint density at radius 3 is 2.59 bits per heavy atom. The number of rotatable bonds is 8. The summed E-state index contributed by atoms with van der Waals surface area (Å²) in [7, 11) is 0. The van der Waals surface area contributed by atoms with Crippen molar-refractivity contribution in [2.24, 2.45) is 4.99 Å². The van der Waals surface area contributed by atoms with Crippen LogP contribution in [0.2, 0.25) is 0 Å². The number of anilines is 1. The van der Waals surface area contributed by atoms with E-state index >= 15 is 0 Å². The van der Waals surface area contributed by atoms with Crippen LogP contribution in [0.25, 0.3) is 0 Å². The van der Waals surface area contributed by atoms with Crippen LogP contribution in [0.5, 0.6) is 5.75 Å². The normalized spacial score (nSPS) is 14.2. The number of carbonyl (C=O) groups is 1. The van der Waals surface area contributed by atoms with E-state index in [-0.39, 0.29) is 5.91 Å². The lowest BCUT2D eigenvalue weighted by Crippen LogP contribution is -2.36. The van der Waals surface area contributed by atoms with Gasteiger partial charge in [-0.2, -0.15) is 0 Å². The van der Waals surface area contributed by atoms with Gasteiger partial charge in [0.05, 0.1) is 13.2 Å². The first-order chi connectivity index (χ1) is 14.2. The molecule has 2 aromatic rings. The fourth-order valence-electron chi connectivity index (χ4n) is 3.34. The van der Waals surface area contributed by atoms with E-state index in [1.54, 1.807) is 0 Å². The van der Waals surface area contributed by atoms with Gasteiger partial charge in [0, 0.05) is 37.3 Å². The van der Waals surface area contributed by atoms with Gasteiger partial charge in [0.25, 0.3) is 0 Å². The highest BCUT2D eigenvalue weighted by Crippen LogP contribution is 2.22. The van der Waals surface area contributed by atoms with E-state index in [1.807, 2.05) is 61.2 Å². The number of amides is 1. The van der Waals surface area contributed by atoms with Gasteiger partial charge in [0.15, 0.2) is 5.96 Å². The predicted molar refractivity (Wildman–Crippen MR) is 117 cm³/mol. The maximum absolute atomic E-state index is 11.9. The van der Waals surface area contributed by atoms with Crippen LogP contribution in [0.15, 0.2) is 53.5 Å². The van der Waals surface area contributed by atoms with Gasteiger partial charge in [-0.3, -0.25) is 4.79 Å². The molecular formula is C23H30N4O2. The molecule has 0 radical (unpaired) electrons. The van der Waals surface area contributed by atoms with Crippen molar-refractivity contribution in [1.82, 2.24) is 10.6 Å². The Bertz CT molecular complexity index is 833. The average molecular weight is 395 g/mol. The SMILES string of the molecule is CCNC(=NCc1ccc(N2CCCC2=O)cc1)NCc1ccccc1OCC. The number of carbonyl (C=O) groups excluding carboxylic acids is 1. The van der Waals surface area contributed by atoms with E-state index in [2.05, 4.69) is 21.7 Å². The summed E-state index contributed by atoms with van der Waals surface area (Å²) >= 11 is 0. The summed E-state index contributed by atoms with van der Waals surface area (Å²) in [6, 6.07) is 16.1. The van der Waals surface area contributed by atoms with E-state index in [1.165, 1.54) is 0 Å². The van der Waals surface area contributed by atoms with Gasteiger partial charge in [-0.15, -0.1) is 0 Å². The maximum Gasteiger partial charge on any atom is 0.227 e. The standard InChI is InChI=1S/C23H30N4O2/c1-3-24-23(26-17-19-8-5-6-9-21(19)29-4-2)25-16-18-11-13-20(14-12-18)27-15-7-10-22(27)28/h5-6,8-9,11-14H,3-4,7,10,15-17H2,1-2H3,(H2,24,25,26). The molecule has 1 heterocycles. The number of para-hydroxylation sites is 1. The number of nitrogens with one attached hydrogen (secondary N) is 2. The Balaban J connectivity index is 1.61. The minimum absolute atomic E-state index is 0.210. The molecule has 0 aromatic heterocycles. The molecule has 0 spiro atoms. The molecule has 1 amide bonds.